The van der Waals surface area contributed by atoms with Crippen molar-refractivity contribution in [2.45, 2.75) is 0 Å². The van der Waals surface area contributed by atoms with Gasteiger partial charge in [-0.15, -0.1) is 0 Å². The maximum atomic E-state index is 12.7. The van der Waals surface area contributed by atoms with Gasteiger partial charge >= 0.3 is 0 Å². The van der Waals surface area contributed by atoms with Gasteiger partial charge in [0.25, 0.3) is 5.91 Å². The van der Waals surface area contributed by atoms with Crippen molar-refractivity contribution in [2.75, 3.05) is 5.32 Å². The van der Waals surface area contributed by atoms with Crippen molar-refractivity contribution >= 4 is 39.1 Å². The number of hydrogen-bond acceptors (Lipinski definition) is 1. The fraction of sp³-hybridized carbons (Fsp3) is 0. The highest BCUT2D eigenvalue weighted by Crippen LogP contribution is 2.22. The Bertz CT molecular complexity index is 586. The molecule has 1 N–H and O–H groups in total. The number of amides is 1. The number of hydrogen-bond donors (Lipinski definition) is 1. The van der Waals surface area contributed by atoms with Gasteiger partial charge < -0.3 is 5.32 Å². The summed E-state index contributed by atoms with van der Waals surface area (Å²) < 4.78 is 13.5. The van der Waals surface area contributed by atoms with Crippen LogP contribution in [0.1, 0.15) is 10.4 Å². The van der Waals surface area contributed by atoms with E-state index in [2.05, 4.69) is 21.2 Å². The molecule has 2 aromatic rings. The molecule has 0 atom stereocenters. The van der Waals surface area contributed by atoms with E-state index >= 15 is 0 Å². The Hall–Kier alpha value is -1.39. The highest BCUT2D eigenvalue weighted by Gasteiger charge is 2.11. The van der Waals surface area contributed by atoms with Gasteiger partial charge in [-0.25, -0.2) is 4.39 Å². The topological polar surface area (TPSA) is 29.1 Å². The molecule has 0 radical (unpaired) electrons. The lowest BCUT2D eigenvalue weighted by Gasteiger charge is -2.07. The Labute approximate surface area is 117 Å². The number of halogens is 3. The molecule has 18 heavy (non-hydrogen) atoms. The molecule has 0 aliphatic heterocycles. The van der Waals surface area contributed by atoms with Gasteiger partial charge in [0.05, 0.1) is 10.6 Å². The van der Waals surface area contributed by atoms with E-state index in [-0.39, 0.29) is 11.7 Å². The minimum absolute atomic E-state index is 0.340. The second-order valence-electron chi connectivity index (χ2n) is 3.59. The third kappa shape index (κ3) is 3.09. The Morgan fingerprint density at radius 1 is 1.17 bits per heavy atom. The van der Waals surface area contributed by atoms with E-state index in [0.717, 1.165) is 4.47 Å². The lowest BCUT2D eigenvalue weighted by Crippen LogP contribution is -2.12. The third-order valence-corrected chi connectivity index (χ3v) is 3.10. The number of benzene rings is 2. The first-order valence-corrected chi connectivity index (χ1v) is 6.25. The van der Waals surface area contributed by atoms with Crippen LogP contribution >= 0.6 is 27.5 Å². The number of carbonyl (C=O) groups is 1. The molecular weight excluding hydrogens is 321 g/mol. The molecule has 92 valence electrons. The summed E-state index contributed by atoms with van der Waals surface area (Å²) in [7, 11) is 0. The maximum Gasteiger partial charge on any atom is 0.257 e. The Kier molecular flexibility index (Phi) is 3.99. The average molecular weight is 329 g/mol. The zero-order chi connectivity index (χ0) is 13.1. The van der Waals surface area contributed by atoms with Crippen molar-refractivity contribution < 1.29 is 9.18 Å². The molecule has 0 saturated heterocycles. The number of anilines is 1. The zero-order valence-electron chi connectivity index (χ0n) is 9.08. The van der Waals surface area contributed by atoms with Crippen LogP contribution in [-0.4, -0.2) is 5.91 Å². The number of carbonyl (C=O) groups excluding carboxylic acids is 1. The normalized spacial score (nSPS) is 10.2. The summed E-state index contributed by atoms with van der Waals surface area (Å²) in [6, 6.07) is 10.5. The first kappa shape index (κ1) is 13.1. The summed E-state index contributed by atoms with van der Waals surface area (Å²) in [4.78, 5) is 12.0. The molecule has 0 spiro atoms. The highest BCUT2D eigenvalue weighted by molar-refractivity contribution is 9.10. The predicted octanol–water partition coefficient (Wildman–Crippen LogP) is 4.49. The van der Waals surface area contributed by atoms with Gasteiger partial charge in [0.2, 0.25) is 0 Å². The monoisotopic (exact) mass is 327 g/mol. The maximum absolute atomic E-state index is 12.7. The van der Waals surface area contributed by atoms with E-state index in [1.807, 2.05) is 0 Å². The summed E-state index contributed by atoms with van der Waals surface area (Å²) in [5, 5.41) is 3.00. The molecule has 0 unspecified atom stereocenters. The van der Waals surface area contributed by atoms with E-state index in [1.54, 1.807) is 18.2 Å². The van der Waals surface area contributed by atoms with Crippen molar-refractivity contribution in [1.82, 2.24) is 0 Å². The van der Waals surface area contributed by atoms with Gasteiger partial charge in [-0.1, -0.05) is 27.5 Å². The van der Waals surface area contributed by atoms with E-state index in [9.17, 15) is 9.18 Å². The van der Waals surface area contributed by atoms with E-state index < -0.39 is 0 Å². The molecular formula is C13H8BrClFNO. The SMILES string of the molecule is O=C(Nc1ccc(F)cc1)c1cc(Br)ccc1Cl. The van der Waals surface area contributed by atoms with Crippen LogP contribution in [0.2, 0.25) is 5.02 Å². The molecule has 0 bridgehead atoms. The first-order chi connectivity index (χ1) is 8.56. The fourth-order valence-electron chi connectivity index (χ4n) is 1.40. The largest absolute Gasteiger partial charge is 0.322 e. The Balaban J connectivity index is 2.21. The summed E-state index contributed by atoms with van der Waals surface area (Å²) in [5.41, 5.74) is 0.868. The molecule has 0 aromatic heterocycles. The van der Waals surface area contributed by atoms with E-state index in [4.69, 9.17) is 11.6 Å². The summed E-state index contributed by atoms with van der Waals surface area (Å²) in [6.07, 6.45) is 0. The molecule has 2 aromatic carbocycles. The van der Waals surface area contributed by atoms with Crippen LogP contribution in [0.3, 0.4) is 0 Å². The summed E-state index contributed by atoms with van der Waals surface area (Å²) >= 11 is 9.21. The van der Waals surface area contributed by atoms with Crippen molar-refractivity contribution in [3.05, 3.63) is 63.3 Å². The lowest BCUT2D eigenvalue weighted by atomic mass is 10.2. The second kappa shape index (κ2) is 5.50. The van der Waals surface area contributed by atoms with Crippen LogP contribution in [-0.2, 0) is 0 Å². The minimum Gasteiger partial charge on any atom is -0.322 e. The van der Waals surface area contributed by atoms with Crippen molar-refractivity contribution in [1.29, 1.82) is 0 Å². The van der Waals surface area contributed by atoms with Crippen LogP contribution < -0.4 is 5.32 Å². The minimum atomic E-state index is -0.353. The molecule has 0 aliphatic carbocycles. The average Bonchev–Trinajstić information content (AvgIpc) is 2.35. The van der Waals surface area contributed by atoms with Crippen LogP contribution in [0.25, 0.3) is 0 Å². The highest BCUT2D eigenvalue weighted by atomic mass is 79.9. The van der Waals surface area contributed by atoms with E-state index in [1.165, 1.54) is 24.3 Å². The standard InChI is InChI=1S/C13H8BrClFNO/c14-8-1-6-12(15)11(7-8)13(18)17-10-4-2-9(16)3-5-10/h1-7H,(H,17,18). The van der Waals surface area contributed by atoms with Crippen LogP contribution in [0.5, 0.6) is 0 Å². The summed E-state index contributed by atoms with van der Waals surface area (Å²) in [5.74, 6) is -0.693. The molecule has 0 saturated carbocycles. The van der Waals surface area contributed by atoms with Gasteiger partial charge in [-0.3, -0.25) is 4.79 Å². The molecule has 2 rings (SSSR count). The Morgan fingerprint density at radius 3 is 2.50 bits per heavy atom. The van der Waals surface area contributed by atoms with Crippen LogP contribution in [0.15, 0.2) is 46.9 Å². The molecule has 5 heteroatoms. The molecule has 1 amide bonds. The third-order valence-electron chi connectivity index (χ3n) is 2.28. The van der Waals surface area contributed by atoms with Gasteiger partial charge in [-0.2, -0.15) is 0 Å². The van der Waals surface area contributed by atoms with Gasteiger partial charge in [0.15, 0.2) is 0 Å². The lowest BCUT2D eigenvalue weighted by molar-refractivity contribution is 0.102. The van der Waals surface area contributed by atoms with Crippen LogP contribution in [0.4, 0.5) is 10.1 Å². The van der Waals surface area contributed by atoms with Gasteiger partial charge in [0, 0.05) is 10.2 Å². The Morgan fingerprint density at radius 2 is 1.83 bits per heavy atom. The smallest absolute Gasteiger partial charge is 0.257 e. The number of rotatable bonds is 2. The zero-order valence-corrected chi connectivity index (χ0v) is 11.4. The quantitative estimate of drug-likeness (QED) is 0.864. The molecule has 2 nitrogen and oxygen atoms in total. The van der Waals surface area contributed by atoms with Gasteiger partial charge in [-0.05, 0) is 42.5 Å². The molecule has 0 heterocycles. The van der Waals surface area contributed by atoms with Gasteiger partial charge in [0.1, 0.15) is 5.82 Å². The molecule has 0 fully saturated rings. The predicted molar refractivity (Wildman–Crippen MR) is 73.5 cm³/mol. The van der Waals surface area contributed by atoms with E-state index in [0.29, 0.717) is 16.3 Å². The van der Waals surface area contributed by atoms with Crippen molar-refractivity contribution in [2.24, 2.45) is 0 Å². The summed E-state index contributed by atoms with van der Waals surface area (Å²) in [6.45, 7) is 0. The van der Waals surface area contributed by atoms with Crippen LogP contribution in [0, 0.1) is 5.82 Å². The molecule has 0 aliphatic rings. The fourth-order valence-corrected chi connectivity index (χ4v) is 1.97. The van der Waals surface area contributed by atoms with Crippen molar-refractivity contribution in [3.63, 3.8) is 0 Å². The second-order valence-corrected chi connectivity index (χ2v) is 4.91. The van der Waals surface area contributed by atoms with Crippen molar-refractivity contribution in [3.8, 4) is 0 Å². The first-order valence-electron chi connectivity index (χ1n) is 5.08. The number of nitrogens with one attached hydrogen (secondary N) is 1.